The van der Waals surface area contributed by atoms with Gasteiger partial charge in [-0.1, -0.05) is 13.8 Å². The highest BCUT2D eigenvalue weighted by Crippen LogP contribution is 2.26. The molecule has 0 spiro atoms. The number of aryl methyl sites for hydroxylation is 1. The van der Waals surface area contributed by atoms with Gasteiger partial charge < -0.3 is 5.32 Å². The minimum Gasteiger partial charge on any atom is -0.307 e. The van der Waals surface area contributed by atoms with Gasteiger partial charge >= 0.3 is 0 Å². The van der Waals surface area contributed by atoms with Crippen LogP contribution in [0, 0.1) is 0 Å². The quantitative estimate of drug-likeness (QED) is 0.879. The SMILES string of the molecule is CCc1cnc(CNC2CCSC2C)s1. The molecule has 1 fully saturated rings. The molecule has 0 bridgehead atoms. The Morgan fingerprint density at radius 3 is 3.07 bits per heavy atom. The summed E-state index contributed by atoms with van der Waals surface area (Å²) >= 11 is 3.91. The summed E-state index contributed by atoms with van der Waals surface area (Å²) in [7, 11) is 0. The lowest BCUT2D eigenvalue weighted by Gasteiger charge is -2.15. The zero-order valence-corrected chi connectivity index (χ0v) is 11.0. The predicted octanol–water partition coefficient (Wildman–Crippen LogP) is 2.69. The summed E-state index contributed by atoms with van der Waals surface area (Å²) in [6.45, 7) is 5.44. The van der Waals surface area contributed by atoms with Gasteiger partial charge in [-0.05, 0) is 18.6 Å². The molecule has 2 heterocycles. The Morgan fingerprint density at radius 1 is 1.60 bits per heavy atom. The molecule has 1 saturated heterocycles. The van der Waals surface area contributed by atoms with Crippen molar-refractivity contribution in [3.05, 3.63) is 16.1 Å². The summed E-state index contributed by atoms with van der Waals surface area (Å²) in [5, 5.41) is 5.60. The lowest BCUT2D eigenvalue weighted by molar-refractivity contribution is 0.512. The van der Waals surface area contributed by atoms with Crippen LogP contribution in [0.25, 0.3) is 0 Å². The number of thioether (sulfide) groups is 1. The second kappa shape index (κ2) is 5.32. The highest BCUT2D eigenvalue weighted by atomic mass is 32.2. The third kappa shape index (κ3) is 2.95. The van der Waals surface area contributed by atoms with Gasteiger partial charge in [-0.15, -0.1) is 11.3 Å². The number of hydrogen-bond donors (Lipinski definition) is 1. The van der Waals surface area contributed by atoms with Gasteiger partial charge in [0.1, 0.15) is 5.01 Å². The lowest BCUT2D eigenvalue weighted by atomic mass is 10.2. The number of nitrogens with zero attached hydrogens (tertiary/aromatic N) is 1. The zero-order valence-electron chi connectivity index (χ0n) is 9.32. The number of hydrogen-bond acceptors (Lipinski definition) is 4. The Balaban J connectivity index is 1.82. The summed E-state index contributed by atoms with van der Waals surface area (Å²) < 4.78 is 0. The molecule has 2 atom stereocenters. The Labute approximate surface area is 99.9 Å². The van der Waals surface area contributed by atoms with Crippen LogP contribution in [0.2, 0.25) is 0 Å². The normalized spacial score (nSPS) is 26.0. The number of thiazole rings is 1. The van der Waals surface area contributed by atoms with Gasteiger partial charge in [-0.3, -0.25) is 0 Å². The average Bonchev–Trinajstić information content (AvgIpc) is 2.84. The van der Waals surface area contributed by atoms with Crippen LogP contribution >= 0.6 is 23.1 Å². The molecular weight excluding hydrogens is 224 g/mol. The molecule has 84 valence electrons. The van der Waals surface area contributed by atoms with Crippen molar-refractivity contribution in [2.45, 2.75) is 44.5 Å². The molecular formula is C11H18N2S2. The Bertz CT molecular complexity index is 311. The first-order chi connectivity index (χ1) is 7.29. The van der Waals surface area contributed by atoms with E-state index in [-0.39, 0.29) is 0 Å². The maximum atomic E-state index is 4.42. The van der Waals surface area contributed by atoms with Crippen LogP contribution in [0.15, 0.2) is 6.20 Å². The van der Waals surface area contributed by atoms with E-state index in [9.17, 15) is 0 Å². The lowest BCUT2D eigenvalue weighted by Crippen LogP contribution is -2.32. The van der Waals surface area contributed by atoms with Gasteiger partial charge in [0, 0.05) is 28.9 Å². The highest BCUT2D eigenvalue weighted by Gasteiger charge is 2.23. The van der Waals surface area contributed by atoms with Crippen molar-refractivity contribution in [3.8, 4) is 0 Å². The summed E-state index contributed by atoms with van der Waals surface area (Å²) in [4.78, 5) is 5.81. The van der Waals surface area contributed by atoms with Crippen molar-refractivity contribution >= 4 is 23.1 Å². The number of rotatable bonds is 4. The molecule has 0 aromatic carbocycles. The van der Waals surface area contributed by atoms with E-state index in [4.69, 9.17) is 0 Å². The monoisotopic (exact) mass is 242 g/mol. The van der Waals surface area contributed by atoms with Crippen molar-refractivity contribution in [1.82, 2.24) is 10.3 Å². The molecule has 0 radical (unpaired) electrons. The second-order valence-corrected chi connectivity index (χ2v) is 6.61. The van der Waals surface area contributed by atoms with E-state index >= 15 is 0 Å². The molecule has 1 aromatic rings. The largest absolute Gasteiger partial charge is 0.307 e. The van der Waals surface area contributed by atoms with Crippen LogP contribution in [-0.2, 0) is 13.0 Å². The maximum absolute atomic E-state index is 4.42. The van der Waals surface area contributed by atoms with Gasteiger partial charge in [0.25, 0.3) is 0 Å². The van der Waals surface area contributed by atoms with Crippen LogP contribution in [0.3, 0.4) is 0 Å². The van der Waals surface area contributed by atoms with E-state index in [0.29, 0.717) is 6.04 Å². The van der Waals surface area contributed by atoms with Crippen molar-refractivity contribution < 1.29 is 0 Å². The molecule has 15 heavy (non-hydrogen) atoms. The maximum Gasteiger partial charge on any atom is 0.107 e. The van der Waals surface area contributed by atoms with Gasteiger partial charge in [0.15, 0.2) is 0 Å². The fourth-order valence-electron chi connectivity index (χ4n) is 1.81. The third-order valence-electron chi connectivity index (χ3n) is 2.84. The molecule has 1 aliphatic heterocycles. The van der Waals surface area contributed by atoms with E-state index in [1.807, 2.05) is 17.5 Å². The summed E-state index contributed by atoms with van der Waals surface area (Å²) in [6, 6.07) is 0.684. The first-order valence-electron chi connectivity index (χ1n) is 5.58. The van der Waals surface area contributed by atoms with E-state index in [2.05, 4.69) is 35.9 Å². The number of nitrogens with one attached hydrogen (secondary N) is 1. The topological polar surface area (TPSA) is 24.9 Å². The van der Waals surface area contributed by atoms with E-state index in [1.54, 1.807) is 0 Å². The van der Waals surface area contributed by atoms with Crippen LogP contribution in [0.1, 0.15) is 30.2 Å². The highest BCUT2D eigenvalue weighted by molar-refractivity contribution is 8.00. The molecule has 0 saturated carbocycles. The minimum atomic E-state index is 0.684. The van der Waals surface area contributed by atoms with Crippen LogP contribution in [0.5, 0.6) is 0 Å². The molecule has 1 aromatic heterocycles. The Kier molecular flexibility index (Phi) is 4.05. The van der Waals surface area contributed by atoms with Gasteiger partial charge in [0.2, 0.25) is 0 Å². The third-order valence-corrected chi connectivity index (χ3v) is 5.31. The van der Waals surface area contributed by atoms with Gasteiger partial charge in [-0.2, -0.15) is 11.8 Å². The second-order valence-electron chi connectivity index (χ2n) is 3.93. The number of aromatic nitrogens is 1. The minimum absolute atomic E-state index is 0.684. The predicted molar refractivity (Wildman–Crippen MR) is 68.7 cm³/mol. The Hall–Kier alpha value is -0.0600. The fourth-order valence-corrected chi connectivity index (χ4v) is 3.85. The molecule has 2 unspecified atom stereocenters. The zero-order chi connectivity index (χ0) is 10.7. The summed E-state index contributed by atoms with van der Waals surface area (Å²) in [6.07, 6.45) is 4.42. The van der Waals surface area contributed by atoms with Crippen LogP contribution < -0.4 is 5.32 Å². The first-order valence-corrected chi connectivity index (χ1v) is 7.44. The fraction of sp³-hybridized carbons (Fsp3) is 0.727. The Morgan fingerprint density at radius 2 is 2.47 bits per heavy atom. The van der Waals surface area contributed by atoms with Crippen LogP contribution in [0.4, 0.5) is 0 Å². The first kappa shape index (κ1) is 11.4. The molecule has 2 nitrogen and oxygen atoms in total. The molecule has 0 aliphatic carbocycles. The molecule has 1 aliphatic rings. The molecule has 4 heteroatoms. The van der Waals surface area contributed by atoms with E-state index in [1.165, 1.54) is 22.1 Å². The molecule has 1 N–H and O–H groups in total. The van der Waals surface area contributed by atoms with Gasteiger partial charge in [0.05, 0.1) is 0 Å². The van der Waals surface area contributed by atoms with E-state index in [0.717, 1.165) is 18.2 Å². The van der Waals surface area contributed by atoms with Crippen LogP contribution in [-0.4, -0.2) is 22.0 Å². The molecule has 0 amide bonds. The van der Waals surface area contributed by atoms with Crippen molar-refractivity contribution in [1.29, 1.82) is 0 Å². The molecule has 2 rings (SSSR count). The summed E-state index contributed by atoms with van der Waals surface area (Å²) in [5.41, 5.74) is 0. The van der Waals surface area contributed by atoms with Crippen molar-refractivity contribution in [2.75, 3.05) is 5.75 Å². The average molecular weight is 242 g/mol. The smallest absolute Gasteiger partial charge is 0.107 e. The van der Waals surface area contributed by atoms with Gasteiger partial charge in [-0.25, -0.2) is 4.98 Å². The summed E-state index contributed by atoms with van der Waals surface area (Å²) in [5.74, 6) is 1.30. The standard InChI is InChI=1S/C11H18N2S2/c1-3-9-6-13-11(15-9)7-12-10-4-5-14-8(10)2/h6,8,10,12H,3-5,7H2,1-2H3. The van der Waals surface area contributed by atoms with E-state index < -0.39 is 0 Å². The van der Waals surface area contributed by atoms with Crippen molar-refractivity contribution in [2.24, 2.45) is 0 Å². The van der Waals surface area contributed by atoms with Crippen molar-refractivity contribution in [3.63, 3.8) is 0 Å².